The molecular weight excluding hydrogens is 188 g/mol. The maximum atomic E-state index is 6.69. The summed E-state index contributed by atoms with van der Waals surface area (Å²) in [4.78, 5) is 0. The highest BCUT2D eigenvalue weighted by atomic mass is 35.5. The molecule has 5 heteroatoms. The first-order valence-electron chi connectivity index (χ1n) is 3.57. The van der Waals surface area contributed by atoms with Gasteiger partial charge in [-0.05, 0) is 18.2 Å². The number of nitrogens with zero attached hydrogens (tertiary/aromatic N) is 1. The molecule has 0 unspecified atom stereocenters. The average molecular weight is 197 g/mol. The van der Waals surface area contributed by atoms with Crippen LogP contribution < -0.4 is 11.2 Å². The lowest BCUT2D eigenvalue weighted by Crippen LogP contribution is -1.92. The number of hydrazone groups is 1. The molecule has 0 fully saturated rings. The van der Waals surface area contributed by atoms with E-state index in [1.807, 2.05) is 0 Å². The summed E-state index contributed by atoms with van der Waals surface area (Å²) in [7, 11) is 0. The van der Waals surface area contributed by atoms with Crippen molar-refractivity contribution in [2.45, 2.75) is 0 Å². The molecule has 0 atom stereocenters. The number of rotatable bonds is 3. The number of anilines is 2. The molecule has 0 aliphatic rings. The van der Waals surface area contributed by atoms with Crippen LogP contribution in [0.25, 0.3) is 0 Å². The summed E-state index contributed by atoms with van der Waals surface area (Å²) in [6.07, 6.45) is 2.38. The summed E-state index contributed by atoms with van der Waals surface area (Å²) in [5.74, 6) is 0. The number of nitrogen functional groups attached to an aromatic ring is 1. The van der Waals surface area contributed by atoms with E-state index in [9.17, 15) is 0 Å². The molecule has 0 amide bonds. The molecule has 68 valence electrons. The lowest BCUT2D eigenvalue weighted by atomic mass is 10.3. The van der Waals surface area contributed by atoms with Gasteiger partial charge >= 0.3 is 0 Å². The van der Waals surface area contributed by atoms with Gasteiger partial charge in [-0.15, -0.1) is 0 Å². The maximum absolute atomic E-state index is 6.69. The zero-order valence-electron chi connectivity index (χ0n) is 6.79. The number of hydrogen-bond acceptors (Lipinski definition) is 4. The first kappa shape index (κ1) is 9.54. The molecule has 0 bridgehead atoms. The minimum absolute atomic E-state index is 0.502. The standard InChI is InChI=1S/C8H9ClN4/c9-7-5-6(11)1-2-8(7)13-12-4-3-10/h1-5,10,13H,11H2/b10-3?,12-4-. The van der Waals surface area contributed by atoms with Crippen molar-refractivity contribution in [1.29, 1.82) is 5.41 Å². The van der Waals surface area contributed by atoms with Crippen LogP contribution in [-0.2, 0) is 0 Å². The summed E-state index contributed by atoms with van der Waals surface area (Å²) < 4.78 is 0. The molecule has 0 saturated heterocycles. The quantitative estimate of drug-likeness (QED) is 0.393. The van der Waals surface area contributed by atoms with Crippen molar-refractivity contribution in [3.8, 4) is 0 Å². The Balaban J connectivity index is 2.77. The van der Waals surface area contributed by atoms with Crippen LogP contribution in [0.3, 0.4) is 0 Å². The van der Waals surface area contributed by atoms with Crippen LogP contribution in [0.4, 0.5) is 11.4 Å². The average Bonchev–Trinajstić information content (AvgIpc) is 2.09. The molecule has 0 spiro atoms. The zero-order chi connectivity index (χ0) is 9.68. The fourth-order valence-electron chi connectivity index (χ4n) is 0.766. The van der Waals surface area contributed by atoms with Gasteiger partial charge in [0.05, 0.1) is 16.9 Å². The van der Waals surface area contributed by atoms with Crippen LogP contribution in [0.1, 0.15) is 0 Å². The molecule has 1 aromatic rings. The molecule has 0 heterocycles. The monoisotopic (exact) mass is 196 g/mol. The van der Waals surface area contributed by atoms with Crippen molar-refractivity contribution in [2.24, 2.45) is 5.10 Å². The molecule has 0 radical (unpaired) electrons. The summed E-state index contributed by atoms with van der Waals surface area (Å²) >= 11 is 5.83. The molecule has 0 aliphatic carbocycles. The maximum Gasteiger partial charge on any atom is 0.0749 e. The van der Waals surface area contributed by atoms with Gasteiger partial charge in [0.25, 0.3) is 0 Å². The molecule has 13 heavy (non-hydrogen) atoms. The summed E-state index contributed by atoms with van der Waals surface area (Å²) in [6.45, 7) is 0. The van der Waals surface area contributed by atoms with E-state index < -0.39 is 0 Å². The SMILES string of the molecule is N=C/C=N\Nc1ccc(N)cc1Cl. The second-order valence-electron chi connectivity index (χ2n) is 2.30. The third-order valence-electron chi connectivity index (χ3n) is 1.33. The Hall–Kier alpha value is -1.55. The van der Waals surface area contributed by atoms with Crippen molar-refractivity contribution in [3.05, 3.63) is 23.2 Å². The number of halogens is 1. The lowest BCUT2D eigenvalue weighted by Gasteiger charge is -2.02. The second kappa shape index (κ2) is 4.47. The molecule has 0 aromatic heterocycles. The molecule has 4 nitrogen and oxygen atoms in total. The Kier molecular flexibility index (Phi) is 3.28. The fourth-order valence-corrected chi connectivity index (χ4v) is 0.997. The van der Waals surface area contributed by atoms with Gasteiger partial charge in [-0.25, -0.2) is 0 Å². The van der Waals surface area contributed by atoms with E-state index in [0.717, 1.165) is 6.21 Å². The molecule has 0 aliphatic heterocycles. The number of nitrogens with one attached hydrogen (secondary N) is 2. The normalized spacial score (nSPS) is 10.2. The first-order valence-corrected chi connectivity index (χ1v) is 3.95. The van der Waals surface area contributed by atoms with Crippen molar-refractivity contribution >= 4 is 35.4 Å². The van der Waals surface area contributed by atoms with Gasteiger partial charge in [0.1, 0.15) is 0 Å². The van der Waals surface area contributed by atoms with Crippen LogP contribution in [0.5, 0.6) is 0 Å². The largest absolute Gasteiger partial charge is 0.399 e. The van der Waals surface area contributed by atoms with Crippen molar-refractivity contribution in [3.63, 3.8) is 0 Å². The highest BCUT2D eigenvalue weighted by Gasteiger charge is 1.97. The van der Waals surface area contributed by atoms with Crippen molar-refractivity contribution in [2.75, 3.05) is 11.2 Å². The topological polar surface area (TPSA) is 74.3 Å². The number of nitrogens with two attached hydrogens (primary N) is 1. The second-order valence-corrected chi connectivity index (χ2v) is 2.70. The Morgan fingerprint density at radius 3 is 2.92 bits per heavy atom. The van der Waals surface area contributed by atoms with Gasteiger partial charge < -0.3 is 11.1 Å². The van der Waals surface area contributed by atoms with Crippen LogP contribution >= 0.6 is 11.6 Å². The Labute approximate surface area is 80.9 Å². The van der Waals surface area contributed by atoms with Crippen LogP contribution in [0, 0.1) is 5.41 Å². The minimum atomic E-state index is 0.502. The molecular formula is C8H9ClN4. The van der Waals surface area contributed by atoms with Gasteiger partial charge in [-0.3, -0.25) is 5.43 Å². The Morgan fingerprint density at radius 2 is 2.31 bits per heavy atom. The van der Waals surface area contributed by atoms with E-state index in [1.165, 1.54) is 6.21 Å². The van der Waals surface area contributed by atoms with E-state index in [0.29, 0.717) is 16.4 Å². The molecule has 1 aromatic carbocycles. The fraction of sp³-hybridized carbons (Fsp3) is 0. The molecule has 4 N–H and O–H groups in total. The van der Waals surface area contributed by atoms with E-state index >= 15 is 0 Å². The smallest absolute Gasteiger partial charge is 0.0749 e. The predicted molar refractivity (Wildman–Crippen MR) is 56.8 cm³/mol. The van der Waals surface area contributed by atoms with Crippen LogP contribution in [-0.4, -0.2) is 12.4 Å². The van der Waals surface area contributed by atoms with Crippen molar-refractivity contribution < 1.29 is 0 Å². The van der Waals surface area contributed by atoms with Gasteiger partial charge in [0.2, 0.25) is 0 Å². The highest BCUT2D eigenvalue weighted by Crippen LogP contribution is 2.23. The molecule has 0 saturated carbocycles. The summed E-state index contributed by atoms with van der Waals surface area (Å²) in [5, 5.41) is 10.9. The zero-order valence-corrected chi connectivity index (χ0v) is 7.55. The van der Waals surface area contributed by atoms with Crippen LogP contribution in [0.15, 0.2) is 23.3 Å². The van der Waals surface area contributed by atoms with E-state index in [2.05, 4.69) is 10.5 Å². The predicted octanol–water partition coefficient (Wildman–Crippen LogP) is 1.97. The van der Waals surface area contributed by atoms with E-state index in [1.54, 1.807) is 18.2 Å². The lowest BCUT2D eigenvalue weighted by molar-refractivity contribution is 1.36. The number of hydrogen-bond donors (Lipinski definition) is 3. The van der Waals surface area contributed by atoms with Gasteiger partial charge in [-0.2, -0.15) is 5.10 Å². The van der Waals surface area contributed by atoms with Crippen LogP contribution in [0.2, 0.25) is 5.02 Å². The Morgan fingerprint density at radius 1 is 1.54 bits per heavy atom. The van der Waals surface area contributed by atoms with Gasteiger partial charge in [-0.1, -0.05) is 11.6 Å². The van der Waals surface area contributed by atoms with E-state index in [4.69, 9.17) is 22.7 Å². The summed E-state index contributed by atoms with van der Waals surface area (Å²) in [5.41, 5.74) is 9.43. The third kappa shape index (κ3) is 2.76. The van der Waals surface area contributed by atoms with Gasteiger partial charge in [0.15, 0.2) is 0 Å². The van der Waals surface area contributed by atoms with E-state index in [-0.39, 0.29) is 0 Å². The Bertz CT molecular complexity index is 335. The number of benzene rings is 1. The highest BCUT2D eigenvalue weighted by molar-refractivity contribution is 6.33. The van der Waals surface area contributed by atoms with Crippen molar-refractivity contribution in [1.82, 2.24) is 0 Å². The molecule has 1 rings (SSSR count). The van der Waals surface area contributed by atoms with Gasteiger partial charge in [0, 0.05) is 11.9 Å². The third-order valence-corrected chi connectivity index (χ3v) is 1.64. The summed E-state index contributed by atoms with van der Waals surface area (Å²) in [6, 6.07) is 5.07. The first-order chi connectivity index (χ1) is 6.24. The minimum Gasteiger partial charge on any atom is -0.399 e.